The van der Waals surface area contributed by atoms with E-state index in [-0.39, 0.29) is 23.1 Å². The van der Waals surface area contributed by atoms with Crippen LogP contribution >= 0.6 is 0 Å². The number of nitrogens with one attached hydrogen (secondary N) is 1. The summed E-state index contributed by atoms with van der Waals surface area (Å²) in [6.45, 7) is 4.71. The number of carbonyl (C=O) groups is 1. The van der Waals surface area contributed by atoms with Crippen LogP contribution in [0.4, 0.5) is 0 Å². The zero-order chi connectivity index (χ0) is 13.8. The van der Waals surface area contributed by atoms with Gasteiger partial charge in [0.2, 0.25) is 0 Å². The van der Waals surface area contributed by atoms with E-state index >= 15 is 0 Å². The molecule has 1 amide bonds. The molecule has 0 aliphatic carbocycles. The molecule has 0 bridgehead atoms. The molecule has 5 heteroatoms. The summed E-state index contributed by atoms with van der Waals surface area (Å²) < 4.78 is 0. The van der Waals surface area contributed by atoms with E-state index in [4.69, 9.17) is 0 Å². The fourth-order valence-corrected chi connectivity index (χ4v) is 2.40. The molecule has 1 aliphatic heterocycles. The molecule has 1 fully saturated rings. The maximum atomic E-state index is 12.0. The molecule has 1 aromatic carbocycles. The van der Waals surface area contributed by atoms with Crippen LogP contribution in [0, 0.1) is 0 Å². The maximum Gasteiger partial charge on any atom is 0.258 e. The Morgan fingerprint density at radius 2 is 1.89 bits per heavy atom. The molecule has 1 aliphatic rings. The van der Waals surface area contributed by atoms with Crippen LogP contribution in [0.5, 0.6) is 11.5 Å². The van der Waals surface area contributed by atoms with Crippen molar-refractivity contribution in [1.29, 1.82) is 0 Å². The molecule has 1 atom stereocenters. The first-order valence-corrected chi connectivity index (χ1v) is 6.63. The number of phenols is 2. The number of hydrogen-bond acceptors (Lipinski definition) is 4. The summed E-state index contributed by atoms with van der Waals surface area (Å²) in [4.78, 5) is 14.3. The van der Waals surface area contributed by atoms with Gasteiger partial charge in [0, 0.05) is 12.6 Å². The van der Waals surface area contributed by atoms with Gasteiger partial charge < -0.3 is 15.5 Å². The lowest BCUT2D eigenvalue weighted by Crippen LogP contribution is -2.40. The van der Waals surface area contributed by atoms with Gasteiger partial charge in [0.25, 0.3) is 5.91 Å². The third kappa shape index (κ3) is 3.17. The van der Waals surface area contributed by atoms with Crippen LogP contribution in [-0.4, -0.2) is 46.7 Å². The van der Waals surface area contributed by atoms with Crippen LogP contribution in [0.25, 0.3) is 0 Å². The highest BCUT2D eigenvalue weighted by atomic mass is 16.3. The molecule has 19 heavy (non-hydrogen) atoms. The molecule has 0 spiro atoms. The van der Waals surface area contributed by atoms with Crippen molar-refractivity contribution in [3.05, 3.63) is 23.8 Å². The summed E-state index contributed by atoms with van der Waals surface area (Å²) in [6.07, 6.45) is 2.41. The molecule has 5 nitrogen and oxygen atoms in total. The minimum absolute atomic E-state index is 0.0591. The molecule has 1 unspecified atom stereocenters. The molecule has 1 aromatic rings. The molecule has 0 aromatic heterocycles. The highest BCUT2D eigenvalue weighted by Crippen LogP contribution is 2.25. The predicted molar refractivity (Wildman–Crippen MR) is 72.4 cm³/mol. The summed E-state index contributed by atoms with van der Waals surface area (Å²) in [6, 6.07) is 4.53. The second-order valence-corrected chi connectivity index (χ2v) is 4.97. The average Bonchev–Trinajstić information content (AvgIpc) is 2.89. The Bertz CT molecular complexity index is 436. The zero-order valence-electron chi connectivity index (χ0n) is 11.1. The van der Waals surface area contributed by atoms with Gasteiger partial charge in [-0.15, -0.1) is 0 Å². The summed E-state index contributed by atoms with van der Waals surface area (Å²) >= 11 is 0. The Morgan fingerprint density at radius 3 is 2.47 bits per heavy atom. The second kappa shape index (κ2) is 5.93. The van der Waals surface area contributed by atoms with Crippen molar-refractivity contribution >= 4 is 5.91 Å². The van der Waals surface area contributed by atoms with E-state index in [0.717, 1.165) is 13.1 Å². The standard InChI is InChI=1S/C14H20N2O3/c1-10(16-7-2-3-8-16)9-15-14(19)13-11(17)5-4-6-12(13)18/h4-6,10,17-18H,2-3,7-9H2,1H3,(H,15,19). The number of hydrogen-bond donors (Lipinski definition) is 3. The van der Waals surface area contributed by atoms with Gasteiger partial charge in [0.1, 0.15) is 17.1 Å². The first-order valence-electron chi connectivity index (χ1n) is 6.63. The van der Waals surface area contributed by atoms with Crippen molar-refractivity contribution in [1.82, 2.24) is 10.2 Å². The summed E-state index contributed by atoms with van der Waals surface area (Å²) in [5.41, 5.74) is -0.0591. The molecule has 0 radical (unpaired) electrons. The van der Waals surface area contributed by atoms with Gasteiger partial charge >= 0.3 is 0 Å². The fourth-order valence-electron chi connectivity index (χ4n) is 2.40. The van der Waals surface area contributed by atoms with Crippen LogP contribution in [0.3, 0.4) is 0 Å². The third-order valence-electron chi connectivity index (χ3n) is 3.57. The van der Waals surface area contributed by atoms with E-state index < -0.39 is 5.91 Å². The number of carbonyl (C=O) groups excluding carboxylic acids is 1. The second-order valence-electron chi connectivity index (χ2n) is 4.97. The Labute approximate surface area is 112 Å². The lowest BCUT2D eigenvalue weighted by atomic mass is 10.1. The molecule has 0 saturated carbocycles. The van der Waals surface area contributed by atoms with Crippen molar-refractivity contribution in [3.8, 4) is 11.5 Å². The zero-order valence-corrected chi connectivity index (χ0v) is 11.1. The van der Waals surface area contributed by atoms with Crippen LogP contribution in [-0.2, 0) is 0 Å². The highest BCUT2D eigenvalue weighted by Gasteiger charge is 2.20. The maximum absolute atomic E-state index is 12.0. The average molecular weight is 264 g/mol. The topological polar surface area (TPSA) is 72.8 Å². The van der Waals surface area contributed by atoms with Gasteiger partial charge in [0.15, 0.2) is 0 Å². The smallest absolute Gasteiger partial charge is 0.258 e. The summed E-state index contributed by atoms with van der Waals surface area (Å²) in [7, 11) is 0. The number of nitrogens with zero attached hydrogens (tertiary/aromatic N) is 1. The number of benzene rings is 1. The van der Waals surface area contributed by atoms with E-state index in [1.165, 1.54) is 31.0 Å². The first kappa shape index (κ1) is 13.7. The molecular weight excluding hydrogens is 244 g/mol. The van der Waals surface area contributed by atoms with Gasteiger partial charge in [0.05, 0.1) is 0 Å². The summed E-state index contributed by atoms with van der Waals surface area (Å²) in [5, 5.41) is 22.0. The minimum atomic E-state index is -0.443. The van der Waals surface area contributed by atoms with Gasteiger partial charge in [-0.05, 0) is 45.0 Å². The highest BCUT2D eigenvalue weighted by molar-refractivity contribution is 5.99. The largest absolute Gasteiger partial charge is 0.507 e. The SMILES string of the molecule is CC(CNC(=O)c1c(O)cccc1O)N1CCCC1. The number of likely N-dealkylation sites (tertiary alicyclic amines) is 1. The number of amides is 1. The van der Waals surface area contributed by atoms with Crippen molar-refractivity contribution in [3.63, 3.8) is 0 Å². The quantitative estimate of drug-likeness (QED) is 0.766. The first-order chi connectivity index (χ1) is 9.09. The molecule has 3 N–H and O–H groups in total. The van der Waals surface area contributed by atoms with Crippen LogP contribution < -0.4 is 5.32 Å². The van der Waals surface area contributed by atoms with Gasteiger partial charge in [-0.1, -0.05) is 6.07 Å². The molecule has 2 rings (SSSR count). The lowest BCUT2D eigenvalue weighted by Gasteiger charge is -2.23. The lowest BCUT2D eigenvalue weighted by molar-refractivity contribution is 0.0935. The van der Waals surface area contributed by atoms with Gasteiger partial charge in [-0.3, -0.25) is 9.69 Å². The van der Waals surface area contributed by atoms with Gasteiger partial charge in [-0.2, -0.15) is 0 Å². The Morgan fingerprint density at radius 1 is 1.32 bits per heavy atom. The van der Waals surface area contributed by atoms with Gasteiger partial charge in [-0.25, -0.2) is 0 Å². The van der Waals surface area contributed by atoms with Crippen molar-refractivity contribution in [2.45, 2.75) is 25.8 Å². The number of rotatable bonds is 4. The summed E-state index contributed by atoms with van der Waals surface area (Å²) in [5.74, 6) is -0.848. The van der Waals surface area contributed by atoms with Crippen LogP contribution in [0.2, 0.25) is 0 Å². The van der Waals surface area contributed by atoms with Crippen LogP contribution in [0.15, 0.2) is 18.2 Å². The molecule has 1 saturated heterocycles. The molecule has 104 valence electrons. The third-order valence-corrected chi connectivity index (χ3v) is 3.57. The van der Waals surface area contributed by atoms with E-state index in [0.29, 0.717) is 6.54 Å². The molecule has 1 heterocycles. The Balaban J connectivity index is 1.94. The van der Waals surface area contributed by atoms with Crippen molar-refractivity contribution in [2.24, 2.45) is 0 Å². The molecular formula is C14H20N2O3. The fraction of sp³-hybridized carbons (Fsp3) is 0.500. The van der Waals surface area contributed by atoms with E-state index in [1.807, 2.05) is 0 Å². The van der Waals surface area contributed by atoms with E-state index in [9.17, 15) is 15.0 Å². The Kier molecular flexibility index (Phi) is 4.27. The monoisotopic (exact) mass is 264 g/mol. The number of aromatic hydroxyl groups is 2. The van der Waals surface area contributed by atoms with Crippen molar-refractivity contribution in [2.75, 3.05) is 19.6 Å². The van der Waals surface area contributed by atoms with Crippen LogP contribution in [0.1, 0.15) is 30.1 Å². The van der Waals surface area contributed by atoms with E-state index in [1.54, 1.807) is 0 Å². The predicted octanol–water partition coefficient (Wildman–Crippen LogP) is 1.31. The Hall–Kier alpha value is -1.75. The van der Waals surface area contributed by atoms with E-state index in [2.05, 4.69) is 17.1 Å². The normalized spacial score (nSPS) is 17.3. The number of phenolic OH excluding ortho intramolecular Hbond substituents is 2. The minimum Gasteiger partial charge on any atom is -0.507 e. The van der Waals surface area contributed by atoms with Crippen molar-refractivity contribution < 1.29 is 15.0 Å².